The third-order valence-corrected chi connectivity index (χ3v) is 5.56. The number of carbonyl (C=O) groups is 4. The van der Waals surface area contributed by atoms with Gasteiger partial charge in [0.15, 0.2) is 12.2 Å². The molecule has 3 heterocycles. The minimum Gasteiger partial charge on any atom is -0.465 e. The fourth-order valence-corrected chi connectivity index (χ4v) is 4.09. The Labute approximate surface area is 190 Å². The molecule has 1 saturated heterocycles. The Bertz CT molecular complexity index is 1040. The third-order valence-electron chi connectivity index (χ3n) is 5.56. The molecule has 3 aliphatic heterocycles. The van der Waals surface area contributed by atoms with Gasteiger partial charge in [0.1, 0.15) is 13.1 Å². The van der Waals surface area contributed by atoms with Crippen molar-refractivity contribution in [1.29, 1.82) is 0 Å². The molecule has 174 valence electrons. The van der Waals surface area contributed by atoms with E-state index in [0.29, 0.717) is 11.7 Å². The number of esters is 2. The highest BCUT2D eigenvalue weighted by atomic mass is 16.5. The van der Waals surface area contributed by atoms with Crippen LogP contribution in [0.5, 0.6) is 0 Å². The molecule has 0 radical (unpaired) electrons. The zero-order chi connectivity index (χ0) is 23.7. The summed E-state index contributed by atoms with van der Waals surface area (Å²) in [7, 11) is 1.52. The maximum atomic E-state index is 13.3. The lowest BCUT2D eigenvalue weighted by molar-refractivity contribution is -0.150. The number of hydrogen-bond acceptors (Lipinski definition) is 9. The first-order valence-corrected chi connectivity index (χ1v) is 10.7. The van der Waals surface area contributed by atoms with E-state index in [1.54, 1.807) is 29.8 Å². The molecule has 0 saturated carbocycles. The van der Waals surface area contributed by atoms with Crippen molar-refractivity contribution in [3.8, 4) is 0 Å². The van der Waals surface area contributed by atoms with E-state index in [-0.39, 0.29) is 19.8 Å². The first-order valence-electron chi connectivity index (χ1n) is 10.7. The van der Waals surface area contributed by atoms with Gasteiger partial charge in [0, 0.05) is 13.2 Å². The maximum absolute atomic E-state index is 13.3. The number of carbonyl (C=O) groups excluding carboxylic acids is 4. The van der Waals surface area contributed by atoms with Gasteiger partial charge in [-0.1, -0.05) is 30.3 Å². The van der Waals surface area contributed by atoms with Crippen molar-refractivity contribution in [2.45, 2.75) is 26.1 Å². The van der Waals surface area contributed by atoms with Crippen molar-refractivity contribution in [1.82, 2.24) is 19.6 Å². The van der Waals surface area contributed by atoms with Gasteiger partial charge in [-0.2, -0.15) is 0 Å². The van der Waals surface area contributed by atoms with Crippen LogP contribution in [-0.2, 0) is 23.9 Å². The molecular formula is C22H25N5O6. The minimum atomic E-state index is -0.872. The Balaban J connectivity index is 1.69. The van der Waals surface area contributed by atoms with Crippen molar-refractivity contribution in [3.05, 3.63) is 42.1 Å². The van der Waals surface area contributed by atoms with Gasteiger partial charge in [0.05, 0.1) is 18.9 Å². The first kappa shape index (κ1) is 22.3. The van der Waals surface area contributed by atoms with E-state index < -0.39 is 42.6 Å². The number of fused-ring (bicyclic) bond motifs is 3. The average molecular weight is 455 g/mol. The molecule has 4 rings (SSSR count). The first-order chi connectivity index (χ1) is 15.9. The zero-order valence-electron chi connectivity index (χ0n) is 18.6. The predicted molar refractivity (Wildman–Crippen MR) is 116 cm³/mol. The normalized spacial score (nSPS) is 21.5. The van der Waals surface area contributed by atoms with Crippen molar-refractivity contribution in [3.63, 3.8) is 0 Å². The number of imide groups is 1. The number of benzene rings is 1. The van der Waals surface area contributed by atoms with Gasteiger partial charge in [0.25, 0.3) is 5.91 Å². The molecule has 0 spiro atoms. The summed E-state index contributed by atoms with van der Waals surface area (Å²) in [6, 6.07) is 7.87. The van der Waals surface area contributed by atoms with Crippen LogP contribution in [0.2, 0.25) is 0 Å². The molecule has 0 aliphatic carbocycles. The van der Waals surface area contributed by atoms with Crippen LogP contribution < -0.4 is 0 Å². The number of aliphatic imine (C=N–C) groups is 1. The minimum absolute atomic E-state index is 0.109. The summed E-state index contributed by atoms with van der Waals surface area (Å²) < 4.78 is 10.0. The van der Waals surface area contributed by atoms with Gasteiger partial charge in [0.2, 0.25) is 5.96 Å². The van der Waals surface area contributed by atoms with E-state index in [1.165, 1.54) is 11.9 Å². The molecule has 0 aromatic heterocycles. The Hall–Kier alpha value is -3.89. The summed E-state index contributed by atoms with van der Waals surface area (Å²) in [5.74, 6) is -1.31. The summed E-state index contributed by atoms with van der Waals surface area (Å²) in [4.78, 5) is 60.6. The highest BCUT2D eigenvalue weighted by Gasteiger charge is 2.55. The van der Waals surface area contributed by atoms with Crippen LogP contribution >= 0.6 is 0 Å². The second kappa shape index (κ2) is 8.93. The monoisotopic (exact) mass is 455 g/mol. The van der Waals surface area contributed by atoms with Gasteiger partial charge < -0.3 is 19.3 Å². The van der Waals surface area contributed by atoms with E-state index in [1.807, 2.05) is 30.3 Å². The third kappa shape index (κ3) is 3.90. The number of rotatable bonds is 7. The van der Waals surface area contributed by atoms with E-state index in [4.69, 9.17) is 9.47 Å². The molecule has 1 fully saturated rings. The lowest BCUT2D eigenvalue weighted by Gasteiger charge is -2.39. The summed E-state index contributed by atoms with van der Waals surface area (Å²) in [6.45, 7) is 3.15. The van der Waals surface area contributed by atoms with Crippen LogP contribution in [0.1, 0.15) is 19.4 Å². The molecule has 11 heteroatoms. The smallest absolute Gasteiger partial charge is 0.328 e. The van der Waals surface area contributed by atoms with Gasteiger partial charge in [-0.05, 0) is 19.4 Å². The predicted octanol–water partition coefficient (Wildman–Crippen LogP) is 0.687. The molecule has 3 aliphatic rings. The highest BCUT2D eigenvalue weighted by Crippen LogP contribution is 2.37. The molecule has 33 heavy (non-hydrogen) atoms. The van der Waals surface area contributed by atoms with Crippen molar-refractivity contribution >= 4 is 35.5 Å². The summed E-state index contributed by atoms with van der Waals surface area (Å²) in [5.41, 5.74) is 1.50. The van der Waals surface area contributed by atoms with E-state index in [9.17, 15) is 19.2 Å². The van der Waals surface area contributed by atoms with Gasteiger partial charge >= 0.3 is 18.0 Å². The fourth-order valence-electron chi connectivity index (χ4n) is 4.09. The molecular weight excluding hydrogens is 430 g/mol. The highest BCUT2D eigenvalue weighted by molar-refractivity contribution is 6.08. The van der Waals surface area contributed by atoms with Gasteiger partial charge in [-0.3, -0.25) is 24.2 Å². The molecule has 1 aromatic carbocycles. The van der Waals surface area contributed by atoms with Crippen molar-refractivity contribution in [2.24, 2.45) is 4.99 Å². The van der Waals surface area contributed by atoms with Crippen LogP contribution in [-0.4, -0.2) is 95.0 Å². The molecule has 3 amide bonds. The second-order valence-corrected chi connectivity index (χ2v) is 7.59. The molecule has 2 atom stereocenters. The molecule has 11 nitrogen and oxygen atoms in total. The Morgan fingerprint density at radius 1 is 0.970 bits per heavy atom. The van der Waals surface area contributed by atoms with Crippen LogP contribution in [0.3, 0.4) is 0 Å². The molecule has 0 N–H and O–H groups in total. The largest absolute Gasteiger partial charge is 0.465 e. The zero-order valence-corrected chi connectivity index (χ0v) is 18.6. The van der Waals surface area contributed by atoms with Crippen molar-refractivity contribution in [2.75, 3.05) is 33.4 Å². The fraction of sp³-hybridized carbons (Fsp3) is 0.409. The molecule has 1 aromatic rings. The van der Waals surface area contributed by atoms with Crippen LogP contribution in [0.15, 0.2) is 41.5 Å². The maximum Gasteiger partial charge on any atom is 0.328 e. The lowest BCUT2D eigenvalue weighted by Crippen LogP contribution is -2.65. The summed E-state index contributed by atoms with van der Waals surface area (Å²) >= 11 is 0. The Kier molecular flexibility index (Phi) is 6.03. The standard InChI is InChI=1S/C22H25N5O6/c1-4-32-16(28)12-25-15(14-9-7-6-8-10-14)11-26-18-19(23-21(25)26)24(3)22(31)27(20(18)30)13-17(29)33-5-2/h6-11,18-19H,4-5,12-13H2,1-3H3. The SMILES string of the molecule is CCOC(=O)CN1C(=O)C2C(N=C3N(CC(=O)OCC)C(c4ccccc4)=CN32)N(C)C1=O. The van der Waals surface area contributed by atoms with Crippen LogP contribution in [0.25, 0.3) is 5.70 Å². The Morgan fingerprint density at radius 3 is 2.18 bits per heavy atom. The lowest BCUT2D eigenvalue weighted by atomic mass is 10.1. The quantitative estimate of drug-likeness (QED) is 0.552. The van der Waals surface area contributed by atoms with E-state index >= 15 is 0 Å². The van der Waals surface area contributed by atoms with Crippen LogP contribution in [0.4, 0.5) is 4.79 Å². The van der Waals surface area contributed by atoms with E-state index in [2.05, 4.69) is 4.99 Å². The number of likely N-dealkylation sites (N-methyl/N-ethyl adjacent to an activating group) is 1. The summed E-state index contributed by atoms with van der Waals surface area (Å²) in [5, 5.41) is 0. The number of nitrogens with zero attached hydrogens (tertiary/aromatic N) is 5. The number of hydrogen-bond donors (Lipinski definition) is 0. The molecule has 0 bridgehead atoms. The average Bonchev–Trinajstić information content (AvgIpc) is 3.33. The number of urea groups is 1. The van der Waals surface area contributed by atoms with Gasteiger partial charge in [-0.15, -0.1) is 0 Å². The second-order valence-electron chi connectivity index (χ2n) is 7.59. The topological polar surface area (TPSA) is 112 Å². The van der Waals surface area contributed by atoms with Crippen LogP contribution in [0, 0.1) is 0 Å². The number of amides is 3. The number of guanidine groups is 1. The number of ether oxygens (including phenoxy) is 2. The Morgan fingerprint density at radius 2 is 1.58 bits per heavy atom. The van der Waals surface area contributed by atoms with Crippen molar-refractivity contribution < 1.29 is 28.7 Å². The molecule has 2 unspecified atom stereocenters. The summed E-state index contributed by atoms with van der Waals surface area (Å²) in [6.07, 6.45) is 0.944. The van der Waals surface area contributed by atoms with Gasteiger partial charge in [-0.25, -0.2) is 9.79 Å². The van der Waals surface area contributed by atoms with E-state index in [0.717, 1.165) is 10.5 Å².